The predicted molar refractivity (Wildman–Crippen MR) is 128 cm³/mol. The predicted octanol–water partition coefficient (Wildman–Crippen LogP) is 4.42. The number of amides is 1. The second kappa shape index (κ2) is 8.63. The SMILES string of the molecule is Cc1ccc(N2C(=O)C[C@H](C(=O)OCc3nc(N)c4ccccc4n3)[C@H]2c2cccs2)cc1. The minimum Gasteiger partial charge on any atom is -0.457 e. The molecule has 166 valence electrons. The number of rotatable bonds is 5. The highest BCUT2D eigenvalue weighted by atomic mass is 32.1. The molecule has 7 nitrogen and oxygen atoms in total. The van der Waals surface area contributed by atoms with Crippen LogP contribution >= 0.6 is 11.3 Å². The molecule has 2 aromatic heterocycles. The van der Waals surface area contributed by atoms with E-state index in [1.54, 1.807) is 4.90 Å². The lowest BCUT2D eigenvalue weighted by atomic mass is 9.99. The van der Waals surface area contributed by atoms with E-state index in [0.717, 1.165) is 21.5 Å². The Morgan fingerprint density at radius 3 is 2.67 bits per heavy atom. The number of hydrogen-bond acceptors (Lipinski definition) is 7. The number of nitrogens with zero attached hydrogens (tertiary/aromatic N) is 3. The van der Waals surface area contributed by atoms with Crippen molar-refractivity contribution in [1.82, 2.24) is 9.97 Å². The maximum Gasteiger partial charge on any atom is 0.312 e. The van der Waals surface area contributed by atoms with E-state index in [2.05, 4.69) is 9.97 Å². The van der Waals surface area contributed by atoms with Crippen molar-refractivity contribution in [1.29, 1.82) is 0 Å². The molecular weight excluding hydrogens is 436 g/mol. The summed E-state index contributed by atoms with van der Waals surface area (Å²) in [4.78, 5) is 37.6. The largest absolute Gasteiger partial charge is 0.457 e. The third-order valence-corrected chi connectivity index (χ3v) is 6.74. The highest BCUT2D eigenvalue weighted by Gasteiger charge is 2.46. The number of benzene rings is 2. The first-order valence-electron chi connectivity index (χ1n) is 10.6. The molecule has 8 heteroatoms. The lowest BCUT2D eigenvalue weighted by Crippen LogP contribution is -2.30. The second-order valence-electron chi connectivity index (χ2n) is 8.02. The zero-order chi connectivity index (χ0) is 22.9. The van der Waals surface area contributed by atoms with Crippen molar-refractivity contribution >= 4 is 45.6 Å². The molecule has 4 aromatic rings. The standard InChI is InChI=1S/C25H22N4O3S/c1-15-8-10-16(11-9-15)29-22(30)13-18(23(29)20-7-4-12-33-20)25(31)32-14-21-27-19-6-3-2-5-17(19)24(26)28-21/h2-12,18,23H,13-14H2,1H3,(H2,26,27,28)/t18-,23-/m0/s1. The van der Waals surface area contributed by atoms with Crippen LogP contribution in [0.5, 0.6) is 0 Å². The van der Waals surface area contributed by atoms with Crippen LogP contribution in [-0.2, 0) is 20.9 Å². The van der Waals surface area contributed by atoms with Gasteiger partial charge in [-0.1, -0.05) is 35.9 Å². The van der Waals surface area contributed by atoms with E-state index >= 15 is 0 Å². The molecule has 33 heavy (non-hydrogen) atoms. The Morgan fingerprint density at radius 2 is 1.91 bits per heavy atom. The van der Waals surface area contributed by atoms with Gasteiger partial charge in [0.15, 0.2) is 12.4 Å². The molecule has 2 N–H and O–H groups in total. The lowest BCUT2D eigenvalue weighted by Gasteiger charge is -2.27. The number of fused-ring (bicyclic) bond motifs is 1. The summed E-state index contributed by atoms with van der Waals surface area (Å²) in [7, 11) is 0. The summed E-state index contributed by atoms with van der Waals surface area (Å²) in [6, 6.07) is 18.6. The molecule has 1 saturated heterocycles. The Bertz CT molecular complexity index is 1320. The second-order valence-corrected chi connectivity index (χ2v) is 9.00. The first-order chi connectivity index (χ1) is 16.0. The topological polar surface area (TPSA) is 98.4 Å². The Labute approximate surface area is 194 Å². The van der Waals surface area contributed by atoms with Gasteiger partial charge >= 0.3 is 5.97 Å². The lowest BCUT2D eigenvalue weighted by molar-refractivity contribution is -0.150. The minimum absolute atomic E-state index is 0.0794. The Kier molecular flexibility index (Phi) is 5.51. The van der Waals surface area contributed by atoms with E-state index in [9.17, 15) is 9.59 Å². The van der Waals surface area contributed by atoms with Gasteiger partial charge in [0.05, 0.1) is 17.5 Å². The number of aromatic nitrogens is 2. The molecule has 1 amide bonds. The summed E-state index contributed by atoms with van der Waals surface area (Å²) in [5.41, 5.74) is 8.60. The maximum absolute atomic E-state index is 13.2. The summed E-state index contributed by atoms with van der Waals surface area (Å²) in [6.07, 6.45) is 0.0794. The number of hydrogen-bond donors (Lipinski definition) is 1. The normalized spacial score (nSPS) is 18.1. The van der Waals surface area contributed by atoms with Gasteiger partial charge in [0.25, 0.3) is 0 Å². The molecule has 1 fully saturated rings. The van der Waals surface area contributed by atoms with Crippen molar-refractivity contribution in [2.45, 2.75) is 26.0 Å². The fraction of sp³-hybridized carbons (Fsp3) is 0.200. The third-order valence-electron chi connectivity index (χ3n) is 5.79. The summed E-state index contributed by atoms with van der Waals surface area (Å²) in [5.74, 6) is -0.524. The highest BCUT2D eigenvalue weighted by Crippen LogP contribution is 2.43. The average molecular weight is 459 g/mol. The zero-order valence-corrected chi connectivity index (χ0v) is 18.8. The molecule has 0 spiro atoms. The van der Waals surface area contributed by atoms with E-state index in [1.165, 1.54) is 11.3 Å². The molecule has 0 bridgehead atoms. The van der Waals surface area contributed by atoms with Crippen LogP contribution in [0.2, 0.25) is 0 Å². The van der Waals surface area contributed by atoms with Crippen LogP contribution < -0.4 is 10.6 Å². The number of anilines is 2. The Morgan fingerprint density at radius 1 is 1.12 bits per heavy atom. The van der Waals surface area contributed by atoms with Crippen molar-refractivity contribution in [2.75, 3.05) is 10.6 Å². The molecule has 1 aliphatic rings. The molecule has 0 radical (unpaired) electrons. The summed E-state index contributed by atoms with van der Waals surface area (Å²) < 4.78 is 5.60. The molecular formula is C25H22N4O3S. The van der Waals surface area contributed by atoms with Gasteiger partial charge in [-0.25, -0.2) is 9.97 Å². The number of para-hydroxylation sites is 1. The Balaban J connectivity index is 1.40. The number of thiophene rings is 1. The Hall–Kier alpha value is -3.78. The molecule has 0 aliphatic carbocycles. The van der Waals surface area contributed by atoms with Crippen molar-refractivity contribution in [2.24, 2.45) is 5.92 Å². The molecule has 0 saturated carbocycles. The third kappa shape index (κ3) is 4.05. The van der Waals surface area contributed by atoms with Gasteiger partial charge in [0.1, 0.15) is 5.82 Å². The monoisotopic (exact) mass is 458 g/mol. The molecule has 2 aromatic carbocycles. The maximum atomic E-state index is 13.2. The van der Waals surface area contributed by atoms with Gasteiger partial charge in [-0.15, -0.1) is 11.3 Å². The fourth-order valence-corrected chi connectivity index (χ4v) is 5.08. The van der Waals surface area contributed by atoms with Gasteiger partial charge < -0.3 is 15.4 Å². The van der Waals surface area contributed by atoms with E-state index in [4.69, 9.17) is 10.5 Å². The zero-order valence-electron chi connectivity index (χ0n) is 18.0. The molecule has 1 aliphatic heterocycles. The number of aryl methyl sites for hydroxylation is 1. The van der Waals surface area contributed by atoms with E-state index in [0.29, 0.717) is 17.2 Å². The van der Waals surface area contributed by atoms with Gasteiger partial charge in [0.2, 0.25) is 5.91 Å². The van der Waals surface area contributed by atoms with Crippen LogP contribution in [0.3, 0.4) is 0 Å². The van der Waals surface area contributed by atoms with Crippen LogP contribution in [0.1, 0.15) is 28.7 Å². The van der Waals surface area contributed by atoms with Crippen molar-refractivity contribution in [3.05, 3.63) is 82.3 Å². The van der Waals surface area contributed by atoms with Crippen LogP contribution in [0.15, 0.2) is 66.0 Å². The van der Waals surface area contributed by atoms with Crippen LogP contribution in [0.25, 0.3) is 10.9 Å². The van der Waals surface area contributed by atoms with Gasteiger partial charge in [-0.2, -0.15) is 0 Å². The first-order valence-corrected chi connectivity index (χ1v) is 11.5. The van der Waals surface area contributed by atoms with Gasteiger partial charge in [0, 0.05) is 22.4 Å². The summed E-state index contributed by atoms with van der Waals surface area (Å²) >= 11 is 1.52. The molecule has 5 rings (SSSR count). The van der Waals surface area contributed by atoms with Gasteiger partial charge in [-0.05, 0) is 42.6 Å². The van der Waals surface area contributed by atoms with E-state index in [-0.39, 0.29) is 18.9 Å². The van der Waals surface area contributed by atoms with Crippen molar-refractivity contribution < 1.29 is 14.3 Å². The van der Waals surface area contributed by atoms with Crippen LogP contribution in [0, 0.1) is 12.8 Å². The van der Waals surface area contributed by atoms with Crippen molar-refractivity contribution in [3.63, 3.8) is 0 Å². The van der Waals surface area contributed by atoms with Gasteiger partial charge in [-0.3, -0.25) is 9.59 Å². The van der Waals surface area contributed by atoms with Crippen molar-refractivity contribution in [3.8, 4) is 0 Å². The first kappa shape index (κ1) is 21.1. The average Bonchev–Trinajstić information content (AvgIpc) is 3.46. The number of esters is 1. The number of ether oxygens (including phenoxy) is 1. The smallest absolute Gasteiger partial charge is 0.312 e. The van der Waals surface area contributed by atoms with E-state index in [1.807, 2.05) is 73.0 Å². The summed E-state index contributed by atoms with van der Waals surface area (Å²) in [5, 5.41) is 2.69. The number of carbonyl (C=O) groups is 2. The van der Waals surface area contributed by atoms with E-state index < -0.39 is 17.9 Å². The van der Waals surface area contributed by atoms with Crippen LogP contribution in [0.4, 0.5) is 11.5 Å². The van der Waals surface area contributed by atoms with Crippen LogP contribution in [-0.4, -0.2) is 21.8 Å². The highest BCUT2D eigenvalue weighted by molar-refractivity contribution is 7.10. The quantitative estimate of drug-likeness (QED) is 0.445. The molecule has 2 atom stereocenters. The molecule has 3 heterocycles. The minimum atomic E-state index is -0.629. The fourth-order valence-electron chi connectivity index (χ4n) is 4.20. The number of nitrogens with two attached hydrogens (primary N) is 1. The number of nitrogen functional groups attached to an aromatic ring is 1. The summed E-state index contributed by atoms with van der Waals surface area (Å²) in [6.45, 7) is 1.88. The number of carbonyl (C=O) groups excluding carboxylic acids is 2. The molecule has 0 unspecified atom stereocenters.